The van der Waals surface area contributed by atoms with E-state index < -0.39 is 10.0 Å². The molecule has 0 saturated heterocycles. The molecule has 0 radical (unpaired) electrons. The molecule has 3 nitrogen and oxygen atoms in total. The van der Waals surface area contributed by atoms with Gasteiger partial charge in [0, 0.05) is 6.04 Å². The van der Waals surface area contributed by atoms with Crippen molar-refractivity contribution < 1.29 is 8.42 Å². The Balaban J connectivity index is 2.37. The van der Waals surface area contributed by atoms with Crippen molar-refractivity contribution in [3.8, 4) is 0 Å². The molecule has 0 aromatic carbocycles. The van der Waals surface area contributed by atoms with E-state index in [1.807, 2.05) is 6.92 Å². The van der Waals surface area contributed by atoms with E-state index >= 15 is 0 Å². The van der Waals surface area contributed by atoms with Gasteiger partial charge in [0.1, 0.15) is 0 Å². The fraction of sp³-hybridized carbons (Fsp3) is 1.00. The topological polar surface area (TPSA) is 46.2 Å². The smallest absolute Gasteiger partial charge is 0.208 e. The van der Waals surface area contributed by atoms with E-state index in [9.17, 15) is 8.42 Å². The Labute approximate surface area is 55.5 Å². The lowest BCUT2D eigenvalue weighted by Gasteiger charge is -1.96. The summed E-state index contributed by atoms with van der Waals surface area (Å²) in [5, 5.41) is 0. The highest BCUT2D eigenvalue weighted by Gasteiger charge is 2.34. The molecular weight excluding hydrogens is 138 g/mol. The van der Waals surface area contributed by atoms with Gasteiger partial charge in [0.15, 0.2) is 0 Å². The monoisotopic (exact) mass is 149 g/mol. The highest BCUT2D eigenvalue weighted by molar-refractivity contribution is 7.88. The molecule has 0 heterocycles. The highest BCUT2D eigenvalue weighted by Crippen LogP contribution is 2.29. The molecule has 1 aliphatic rings. The maximum atomic E-state index is 10.5. The molecule has 1 fully saturated rings. The van der Waals surface area contributed by atoms with Crippen LogP contribution in [0.3, 0.4) is 0 Å². The van der Waals surface area contributed by atoms with Crippen molar-refractivity contribution in [3.05, 3.63) is 0 Å². The first-order valence-electron chi connectivity index (χ1n) is 2.96. The Hall–Kier alpha value is -0.0900. The molecule has 9 heavy (non-hydrogen) atoms. The van der Waals surface area contributed by atoms with E-state index in [1.54, 1.807) is 0 Å². The highest BCUT2D eigenvalue weighted by atomic mass is 32.2. The van der Waals surface area contributed by atoms with Crippen LogP contribution in [-0.4, -0.2) is 20.7 Å². The Morgan fingerprint density at radius 3 is 2.11 bits per heavy atom. The van der Waals surface area contributed by atoms with Gasteiger partial charge >= 0.3 is 0 Å². The van der Waals surface area contributed by atoms with Crippen molar-refractivity contribution in [2.45, 2.75) is 19.4 Å². The quantitative estimate of drug-likeness (QED) is 0.598. The molecule has 0 aromatic rings. The number of sulfonamides is 1. The molecule has 1 N–H and O–H groups in total. The molecule has 0 aromatic heterocycles. The van der Waals surface area contributed by atoms with Crippen LogP contribution in [0.4, 0.5) is 0 Å². The Bertz CT molecular complexity index is 197. The van der Waals surface area contributed by atoms with Crippen LogP contribution >= 0.6 is 0 Å². The van der Waals surface area contributed by atoms with E-state index in [0.29, 0.717) is 5.92 Å². The average molecular weight is 149 g/mol. The molecular formula is C5H11NO2S. The standard InChI is InChI=1S/C5H11NO2S/c1-4-3-5(4)6-9(2,7)8/h4-6H,3H2,1-2H3/t4-,5+/m1/s1. The van der Waals surface area contributed by atoms with Gasteiger partial charge in [-0.2, -0.15) is 0 Å². The van der Waals surface area contributed by atoms with Crippen LogP contribution in [0.15, 0.2) is 0 Å². The minimum atomic E-state index is -2.94. The van der Waals surface area contributed by atoms with Gasteiger partial charge in [0.2, 0.25) is 10.0 Å². The molecule has 0 bridgehead atoms. The number of hydrogen-bond donors (Lipinski definition) is 1. The van der Waals surface area contributed by atoms with Crippen LogP contribution in [0.25, 0.3) is 0 Å². The summed E-state index contributed by atoms with van der Waals surface area (Å²) >= 11 is 0. The SMILES string of the molecule is C[C@@H]1C[C@@H]1NS(C)(=O)=O. The van der Waals surface area contributed by atoms with Gasteiger partial charge in [0.25, 0.3) is 0 Å². The molecule has 1 saturated carbocycles. The molecule has 1 rings (SSSR count). The van der Waals surface area contributed by atoms with Crippen LogP contribution in [0.2, 0.25) is 0 Å². The van der Waals surface area contributed by atoms with Crippen molar-refractivity contribution in [2.24, 2.45) is 5.92 Å². The van der Waals surface area contributed by atoms with Gasteiger partial charge in [-0.25, -0.2) is 13.1 Å². The fourth-order valence-corrected chi connectivity index (χ4v) is 1.64. The molecule has 1 aliphatic carbocycles. The summed E-state index contributed by atoms with van der Waals surface area (Å²) in [6, 6.07) is 0.222. The number of hydrogen-bond acceptors (Lipinski definition) is 2. The maximum Gasteiger partial charge on any atom is 0.208 e. The van der Waals surface area contributed by atoms with Gasteiger partial charge < -0.3 is 0 Å². The Morgan fingerprint density at radius 2 is 2.00 bits per heavy atom. The van der Waals surface area contributed by atoms with Gasteiger partial charge in [-0.3, -0.25) is 0 Å². The molecule has 54 valence electrons. The predicted octanol–water partition coefficient (Wildman–Crippen LogP) is -0.0560. The van der Waals surface area contributed by atoms with E-state index in [-0.39, 0.29) is 6.04 Å². The van der Waals surface area contributed by atoms with Crippen molar-refractivity contribution in [3.63, 3.8) is 0 Å². The second kappa shape index (κ2) is 1.95. The van der Waals surface area contributed by atoms with Crippen molar-refractivity contribution >= 4 is 10.0 Å². The Morgan fingerprint density at radius 1 is 1.56 bits per heavy atom. The number of nitrogens with one attached hydrogen (secondary N) is 1. The largest absolute Gasteiger partial charge is 0.213 e. The minimum Gasteiger partial charge on any atom is -0.213 e. The van der Waals surface area contributed by atoms with Crippen LogP contribution in [0.1, 0.15) is 13.3 Å². The lowest BCUT2D eigenvalue weighted by molar-refractivity contribution is 0.584. The summed E-state index contributed by atoms with van der Waals surface area (Å²) in [4.78, 5) is 0. The lowest BCUT2D eigenvalue weighted by Crippen LogP contribution is -2.24. The summed E-state index contributed by atoms with van der Waals surface area (Å²) in [5.74, 6) is 0.541. The van der Waals surface area contributed by atoms with Crippen LogP contribution in [0.5, 0.6) is 0 Å². The molecule has 0 amide bonds. The molecule has 0 aliphatic heterocycles. The summed E-state index contributed by atoms with van der Waals surface area (Å²) < 4.78 is 23.5. The van der Waals surface area contributed by atoms with Gasteiger partial charge in [-0.15, -0.1) is 0 Å². The van der Waals surface area contributed by atoms with Crippen molar-refractivity contribution in [2.75, 3.05) is 6.26 Å². The summed E-state index contributed by atoms with van der Waals surface area (Å²) in [6.45, 7) is 2.03. The summed E-state index contributed by atoms with van der Waals surface area (Å²) in [5.41, 5.74) is 0. The maximum absolute atomic E-state index is 10.5. The van der Waals surface area contributed by atoms with Crippen LogP contribution in [-0.2, 0) is 10.0 Å². The lowest BCUT2D eigenvalue weighted by atomic mass is 10.5. The zero-order valence-corrected chi connectivity index (χ0v) is 6.40. The first kappa shape index (κ1) is 7.02. The molecule has 2 atom stereocenters. The van der Waals surface area contributed by atoms with E-state index in [1.165, 1.54) is 6.26 Å². The van der Waals surface area contributed by atoms with Crippen molar-refractivity contribution in [1.82, 2.24) is 4.72 Å². The van der Waals surface area contributed by atoms with Gasteiger partial charge in [-0.1, -0.05) is 6.92 Å². The Kier molecular flexibility index (Phi) is 1.52. The zero-order valence-electron chi connectivity index (χ0n) is 5.59. The third-order valence-corrected chi connectivity index (χ3v) is 2.21. The zero-order chi connectivity index (χ0) is 7.07. The number of rotatable bonds is 2. The normalized spacial score (nSPS) is 34.4. The molecule has 4 heteroatoms. The van der Waals surface area contributed by atoms with Crippen LogP contribution in [0, 0.1) is 5.92 Å². The second-order valence-electron chi connectivity index (χ2n) is 2.71. The van der Waals surface area contributed by atoms with Crippen molar-refractivity contribution in [1.29, 1.82) is 0 Å². The molecule has 0 unspecified atom stereocenters. The average Bonchev–Trinajstić information content (AvgIpc) is 2.13. The van der Waals surface area contributed by atoms with Gasteiger partial charge in [-0.05, 0) is 12.3 Å². The first-order chi connectivity index (χ1) is 3.99. The van der Waals surface area contributed by atoms with E-state index in [4.69, 9.17) is 0 Å². The minimum absolute atomic E-state index is 0.222. The molecule has 0 spiro atoms. The third kappa shape index (κ3) is 2.32. The second-order valence-corrected chi connectivity index (χ2v) is 4.49. The predicted molar refractivity (Wildman–Crippen MR) is 35.5 cm³/mol. The van der Waals surface area contributed by atoms with Crippen LogP contribution < -0.4 is 4.72 Å². The summed E-state index contributed by atoms with van der Waals surface area (Å²) in [6.07, 6.45) is 2.19. The van der Waals surface area contributed by atoms with E-state index in [2.05, 4.69) is 4.72 Å². The van der Waals surface area contributed by atoms with E-state index in [0.717, 1.165) is 6.42 Å². The summed E-state index contributed by atoms with van der Waals surface area (Å²) in [7, 11) is -2.94. The fourth-order valence-electron chi connectivity index (χ4n) is 0.761. The third-order valence-electron chi connectivity index (χ3n) is 1.47. The first-order valence-corrected chi connectivity index (χ1v) is 4.85. The van der Waals surface area contributed by atoms with Gasteiger partial charge in [0.05, 0.1) is 6.26 Å².